The summed E-state index contributed by atoms with van der Waals surface area (Å²) in [6, 6.07) is 5.28. The maximum atomic E-state index is 13.6. The molecule has 0 aromatic heterocycles. The SMILES string of the molecule is NC1=N[C@@](c2ccccc2F)(C(F)F)COC1. The molecule has 0 bridgehead atoms. The topological polar surface area (TPSA) is 47.6 Å². The Bertz CT molecular complexity index is 450. The smallest absolute Gasteiger partial charge is 0.269 e. The van der Waals surface area contributed by atoms with E-state index in [1.807, 2.05) is 0 Å². The molecule has 0 fully saturated rings. The van der Waals surface area contributed by atoms with Gasteiger partial charge < -0.3 is 10.5 Å². The van der Waals surface area contributed by atoms with Crippen LogP contribution in [0, 0.1) is 5.82 Å². The van der Waals surface area contributed by atoms with Crippen molar-refractivity contribution < 1.29 is 17.9 Å². The van der Waals surface area contributed by atoms with Gasteiger partial charge in [-0.25, -0.2) is 13.2 Å². The second-order valence-corrected chi connectivity index (χ2v) is 3.80. The van der Waals surface area contributed by atoms with Crippen LogP contribution in [-0.4, -0.2) is 25.5 Å². The van der Waals surface area contributed by atoms with Crippen molar-refractivity contribution >= 4 is 5.84 Å². The van der Waals surface area contributed by atoms with Crippen LogP contribution in [0.2, 0.25) is 0 Å². The maximum absolute atomic E-state index is 13.6. The molecule has 2 N–H and O–H groups in total. The predicted octanol–water partition coefficient (Wildman–Crippen LogP) is 1.67. The largest absolute Gasteiger partial charge is 0.385 e. The summed E-state index contributed by atoms with van der Waals surface area (Å²) in [6.45, 7) is -0.394. The van der Waals surface area contributed by atoms with Gasteiger partial charge in [0.05, 0.1) is 6.61 Å². The van der Waals surface area contributed by atoms with Gasteiger partial charge in [-0.2, -0.15) is 0 Å². The van der Waals surface area contributed by atoms with Crippen LogP contribution in [0.25, 0.3) is 0 Å². The van der Waals surface area contributed by atoms with Crippen LogP contribution in [0.1, 0.15) is 5.56 Å². The Kier molecular flexibility index (Phi) is 3.06. The zero-order chi connectivity index (χ0) is 12.5. The first-order valence-corrected chi connectivity index (χ1v) is 5.01. The number of hydrogen-bond donors (Lipinski definition) is 1. The highest BCUT2D eigenvalue weighted by atomic mass is 19.3. The number of benzene rings is 1. The van der Waals surface area contributed by atoms with Crippen molar-refractivity contribution in [2.75, 3.05) is 13.2 Å². The predicted molar refractivity (Wildman–Crippen MR) is 56.5 cm³/mol. The number of halogens is 3. The minimum atomic E-state index is -2.89. The Morgan fingerprint density at radius 2 is 2.06 bits per heavy atom. The van der Waals surface area contributed by atoms with Gasteiger partial charge in [0.15, 0.2) is 5.54 Å². The van der Waals surface area contributed by atoms with Gasteiger partial charge in [0.2, 0.25) is 0 Å². The maximum Gasteiger partial charge on any atom is 0.269 e. The Hall–Kier alpha value is -1.56. The number of rotatable bonds is 2. The van der Waals surface area contributed by atoms with E-state index in [2.05, 4.69) is 4.99 Å². The van der Waals surface area contributed by atoms with E-state index in [0.29, 0.717) is 0 Å². The van der Waals surface area contributed by atoms with Gasteiger partial charge in [-0.3, -0.25) is 4.99 Å². The molecule has 0 amide bonds. The molecule has 0 aliphatic carbocycles. The van der Waals surface area contributed by atoms with Crippen molar-refractivity contribution in [3.8, 4) is 0 Å². The average Bonchev–Trinajstić information content (AvgIpc) is 2.29. The first-order valence-electron chi connectivity index (χ1n) is 5.01. The number of alkyl halides is 2. The van der Waals surface area contributed by atoms with Gasteiger partial charge in [0.25, 0.3) is 6.43 Å². The highest BCUT2D eigenvalue weighted by Crippen LogP contribution is 2.36. The number of hydrogen-bond acceptors (Lipinski definition) is 3. The van der Waals surface area contributed by atoms with Crippen molar-refractivity contribution in [2.45, 2.75) is 12.0 Å². The summed E-state index contributed by atoms with van der Waals surface area (Å²) in [4.78, 5) is 3.72. The summed E-state index contributed by atoms with van der Waals surface area (Å²) < 4.78 is 45.0. The van der Waals surface area contributed by atoms with Gasteiger partial charge in [-0.1, -0.05) is 18.2 Å². The Labute approximate surface area is 96.1 Å². The van der Waals surface area contributed by atoms with E-state index in [9.17, 15) is 13.2 Å². The van der Waals surface area contributed by atoms with Crippen LogP contribution in [0.4, 0.5) is 13.2 Å². The molecule has 3 nitrogen and oxygen atoms in total. The van der Waals surface area contributed by atoms with E-state index < -0.39 is 17.8 Å². The number of ether oxygens (including phenoxy) is 1. The molecular weight excluding hydrogens is 233 g/mol. The molecular formula is C11H11F3N2O. The van der Waals surface area contributed by atoms with Crippen LogP contribution in [0.15, 0.2) is 29.3 Å². The lowest BCUT2D eigenvalue weighted by Gasteiger charge is -2.33. The van der Waals surface area contributed by atoms with Gasteiger partial charge in [0.1, 0.15) is 18.3 Å². The lowest BCUT2D eigenvalue weighted by atomic mass is 9.90. The van der Waals surface area contributed by atoms with Crippen molar-refractivity contribution in [1.82, 2.24) is 0 Å². The molecule has 6 heteroatoms. The lowest BCUT2D eigenvalue weighted by molar-refractivity contribution is -0.0146. The van der Waals surface area contributed by atoms with E-state index in [1.165, 1.54) is 18.2 Å². The van der Waals surface area contributed by atoms with Crippen molar-refractivity contribution in [3.05, 3.63) is 35.6 Å². The molecule has 1 aromatic rings. The third kappa shape index (κ3) is 2.00. The molecule has 0 radical (unpaired) electrons. The molecule has 1 aliphatic heterocycles. The number of nitrogens with zero attached hydrogens (tertiary/aromatic N) is 1. The third-order valence-electron chi connectivity index (χ3n) is 2.62. The fraction of sp³-hybridized carbons (Fsp3) is 0.364. The summed E-state index contributed by atoms with van der Waals surface area (Å²) in [5.74, 6) is -0.797. The zero-order valence-electron chi connectivity index (χ0n) is 8.87. The highest BCUT2D eigenvalue weighted by molar-refractivity contribution is 5.82. The molecule has 1 aromatic carbocycles. The summed E-state index contributed by atoms with van der Waals surface area (Å²) in [5.41, 5.74) is 3.17. The minimum absolute atomic E-state index is 0.0110. The molecule has 0 unspecified atom stereocenters. The number of nitrogens with two attached hydrogens (primary N) is 1. The number of aliphatic imine (C=N–C) groups is 1. The fourth-order valence-electron chi connectivity index (χ4n) is 1.81. The molecule has 0 saturated carbocycles. The highest BCUT2D eigenvalue weighted by Gasteiger charge is 2.46. The van der Waals surface area contributed by atoms with Crippen LogP contribution < -0.4 is 5.73 Å². The Morgan fingerprint density at radius 3 is 2.65 bits per heavy atom. The van der Waals surface area contributed by atoms with E-state index in [1.54, 1.807) is 0 Å². The third-order valence-corrected chi connectivity index (χ3v) is 2.62. The second-order valence-electron chi connectivity index (χ2n) is 3.80. The molecule has 0 saturated heterocycles. The van der Waals surface area contributed by atoms with Crippen molar-refractivity contribution in [2.24, 2.45) is 10.7 Å². The quantitative estimate of drug-likeness (QED) is 0.860. The summed E-state index contributed by atoms with van der Waals surface area (Å²) in [5, 5.41) is 0. The van der Waals surface area contributed by atoms with Crippen LogP contribution in [-0.2, 0) is 10.3 Å². The van der Waals surface area contributed by atoms with Gasteiger partial charge in [0, 0.05) is 5.56 Å². The average molecular weight is 244 g/mol. The Balaban J connectivity index is 2.56. The number of amidine groups is 1. The minimum Gasteiger partial charge on any atom is -0.385 e. The molecule has 1 atom stereocenters. The van der Waals surface area contributed by atoms with Crippen molar-refractivity contribution in [1.29, 1.82) is 0 Å². The van der Waals surface area contributed by atoms with Gasteiger partial charge in [-0.05, 0) is 6.07 Å². The van der Waals surface area contributed by atoms with E-state index in [-0.39, 0.29) is 24.6 Å². The molecule has 1 heterocycles. The first-order chi connectivity index (χ1) is 8.06. The van der Waals surface area contributed by atoms with Gasteiger partial charge in [-0.15, -0.1) is 0 Å². The van der Waals surface area contributed by atoms with Gasteiger partial charge >= 0.3 is 0 Å². The monoisotopic (exact) mass is 244 g/mol. The van der Waals surface area contributed by atoms with E-state index in [4.69, 9.17) is 10.5 Å². The second kappa shape index (κ2) is 4.37. The first kappa shape index (κ1) is 11.9. The normalized spacial score (nSPS) is 24.8. The van der Waals surface area contributed by atoms with Crippen LogP contribution in [0.5, 0.6) is 0 Å². The lowest BCUT2D eigenvalue weighted by Crippen LogP contribution is -2.45. The van der Waals surface area contributed by atoms with E-state index >= 15 is 0 Å². The summed E-state index contributed by atoms with van der Waals surface area (Å²) >= 11 is 0. The Morgan fingerprint density at radius 1 is 1.35 bits per heavy atom. The standard InChI is InChI=1S/C11H11F3N2O/c12-8-4-2-1-3-7(8)11(10(13)14)6-17-5-9(15)16-11/h1-4,10H,5-6H2,(H2,15,16)/t11-/m0/s1. The molecule has 0 spiro atoms. The fourth-order valence-corrected chi connectivity index (χ4v) is 1.81. The van der Waals surface area contributed by atoms with E-state index in [0.717, 1.165) is 6.07 Å². The molecule has 1 aliphatic rings. The molecule has 17 heavy (non-hydrogen) atoms. The van der Waals surface area contributed by atoms with Crippen molar-refractivity contribution in [3.63, 3.8) is 0 Å². The molecule has 2 rings (SSSR count). The van der Waals surface area contributed by atoms with Crippen LogP contribution in [0.3, 0.4) is 0 Å². The van der Waals surface area contributed by atoms with Crippen LogP contribution >= 0.6 is 0 Å². The summed E-state index contributed by atoms with van der Waals surface area (Å²) in [6.07, 6.45) is -2.89. The molecule has 92 valence electrons. The summed E-state index contributed by atoms with van der Waals surface area (Å²) in [7, 11) is 0. The zero-order valence-corrected chi connectivity index (χ0v) is 8.87.